The summed E-state index contributed by atoms with van der Waals surface area (Å²) in [5.41, 5.74) is 5.10. The fourth-order valence-corrected chi connectivity index (χ4v) is 2.29. The van der Waals surface area contributed by atoms with Crippen LogP contribution in [-0.2, 0) is 10.2 Å². The molecule has 142 valence electrons. The molecule has 2 rings (SSSR count). The minimum Gasteiger partial charge on any atom is -0.545 e. The Morgan fingerprint density at radius 3 is 2.07 bits per heavy atom. The molecule has 0 heterocycles. The first-order valence-electron chi connectivity index (χ1n) is 8.31. The molecule has 0 radical (unpaired) electrons. The fraction of sp³-hybridized carbons (Fsp3) is 0.250. The van der Waals surface area contributed by atoms with Crippen LogP contribution >= 0.6 is 0 Å². The maximum Gasteiger partial charge on any atom is 0.276 e. The van der Waals surface area contributed by atoms with Crippen LogP contribution in [0.3, 0.4) is 0 Å². The second-order valence-electron chi connectivity index (χ2n) is 6.90. The van der Waals surface area contributed by atoms with Gasteiger partial charge in [-0.1, -0.05) is 51.1 Å². The Labute approximate surface area is 157 Å². The summed E-state index contributed by atoms with van der Waals surface area (Å²) in [7, 11) is 0. The second-order valence-corrected chi connectivity index (χ2v) is 6.90. The van der Waals surface area contributed by atoms with Crippen LogP contribution < -0.4 is 20.7 Å². The van der Waals surface area contributed by atoms with Gasteiger partial charge in [0.15, 0.2) is 6.61 Å². The van der Waals surface area contributed by atoms with Crippen LogP contribution in [0.1, 0.15) is 47.1 Å². The minimum absolute atomic E-state index is 0.0158. The summed E-state index contributed by atoms with van der Waals surface area (Å²) < 4.78 is 5.37. The van der Waals surface area contributed by atoms with Gasteiger partial charge in [0.05, 0.1) is 11.5 Å². The van der Waals surface area contributed by atoms with E-state index in [0.717, 1.165) is 5.56 Å². The van der Waals surface area contributed by atoms with Gasteiger partial charge in [-0.3, -0.25) is 20.4 Å². The lowest BCUT2D eigenvalue weighted by atomic mass is 9.87. The van der Waals surface area contributed by atoms with Gasteiger partial charge in [-0.25, -0.2) is 0 Å². The van der Waals surface area contributed by atoms with E-state index in [1.54, 1.807) is 12.1 Å². The van der Waals surface area contributed by atoms with Crippen LogP contribution in [0.25, 0.3) is 0 Å². The van der Waals surface area contributed by atoms with Gasteiger partial charge in [0.1, 0.15) is 5.75 Å². The predicted octanol–water partition coefficient (Wildman–Crippen LogP) is 1.19. The highest BCUT2D eigenvalue weighted by atomic mass is 16.5. The van der Waals surface area contributed by atoms with Crippen molar-refractivity contribution in [2.24, 2.45) is 0 Å². The Kier molecular flexibility index (Phi) is 6.18. The number of carbonyl (C=O) groups excluding carboxylic acids is 3. The zero-order valence-corrected chi connectivity index (χ0v) is 15.4. The monoisotopic (exact) mass is 369 g/mol. The average Bonchev–Trinajstić information content (AvgIpc) is 2.64. The third-order valence-electron chi connectivity index (χ3n) is 3.80. The molecule has 0 aliphatic carbocycles. The molecule has 2 amide bonds. The SMILES string of the molecule is CC(C)(C)c1ccc(OCC(=O)NNC(=O)c2ccccc2C(=O)[O-])cc1. The van der Waals surface area contributed by atoms with Crippen LogP contribution in [0, 0.1) is 0 Å². The maximum atomic E-state index is 12.0. The topological polar surface area (TPSA) is 108 Å². The van der Waals surface area contributed by atoms with Gasteiger partial charge in [-0.2, -0.15) is 0 Å². The smallest absolute Gasteiger partial charge is 0.276 e. The van der Waals surface area contributed by atoms with E-state index in [9.17, 15) is 19.5 Å². The van der Waals surface area contributed by atoms with Crippen LogP contribution in [0.2, 0.25) is 0 Å². The molecule has 0 saturated carbocycles. The first kappa shape index (κ1) is 20.0. The van der Waals surface area contributed by atoms with E-state index in [0.29, 0.717) is 5.75 Å². The second kappa shape index (κ2) is 8.35. The van der Waals surface area contributed by atoms with E-state index in [1.165, 1.54) is 24.3 Å². The Balaban J connectivity index is 1.86. The van der Waals surface area contributed by atoms with Gasteiger partial charge >= 0.3 is 0 Å². The summed E-state index contributed by atoms with van der Waals surface area (Å²) >= 11 is 0. The number of rotatable bonds is 5. The van der Waals surface area contributed by atoms with Crippen molar-refractivity contribution in [1.82, 2.24) is 10.9 Å². The summed E-state index contributed by atoms with van der Waals surface area (Å²) in [5.74, 6) is -2.31. The number of benzene rings is 2. The maximum absolute atomic E-state index is 12.0. The summed E-state index contributed by atoms with van der Waals surface area (Å²) in [4.78, 5) is 34.9. The molecule has 0 bridgehead atoms. The molecule has 0 aromatic heterocycles. The van der Waals surface area contributed by atoms with Gasteiger partial charge < -0.3 is 14.6 Å². The van der Waals surface area contributed by atoms with E-state index < -0.39 is 17.8 Å². The lowest BCUT2D eigenvalue weighted by Gasteiger charge is -2.19. The number of aromatic carboxylic acids is 1. The Bertz CT molecular complexity index is 838. The van der Waals surface area contributed by atoms with E-state index in [1.807, 2.05) is 12.1 Å². The Morgan fingerprint density at radius 1 is 0.926 bits per heavy atom. The molecular formula is C20H21N2O5-. The van der Waals surface area contributed by atoms with Crippen molar-refractivity contribution in [1.29, 1.82) is 0 Å². The molecular weight excluding hydrogens is 348 g/mol. The summed E-state index contributed by atoms with van der Waals surface area (Å²) in [5, 5.41) is 11.0. The number of carboxylic acid groups (broad SMARTS) is 1. The molecule has 0 aliphatic rings. The Hall–Kier alpha value is -3.35. The van der Waals surface area contributed by atoms with Crippen molar-refractivity contribution in [3.63, 3.8) is 0 Å². The predicted molar refractivity (Wildman–Crippen MR) is 97.0 cm³/mol. The summed E-state index contributed by atoms with van der Waals surface area (Å²) in [6.07, 6.45) is 0. The third kappa shape index (κ3) is 5.57. The molecule has 7 heteroatoms. The van der Waals surface area contributed by atoms with Crippen LogP contribution in [0.15, 0.2) is 48.5 Å². The normalized spacial score (nSPS) is 10.8. The number of hydrogen-bond donors (Lipinski definition) is 2. The number of carbonyl (C=O) groups is 3. The van der Waals surface area contributed by atoms with Gasteiger partial charge in [-0.05, 0) is 29.2 Å². The van der Waals surface area contributed by atoms with Gasteiger partial charge in [0, 0.05) is 5.56 Å². The summed E-state index contributed by atoms with van der Waals surface area (Å²) in [6.45, 7) is 5.98. The number of hydrogen-bond acceptors (Lipinski definition) is 5. The van der Waals surface area contributed by atoms with Crippen molar-refractivity contribution in [3.8, 4) is 5.75 Å². The van der Waals surface area contributed by atoms with Gasteiger partial charge in [0.25, 0.3) is 11.8 Å². The molecule has 0 spiro atoms. The molecule has 2 aromatic rings. The highest BCUT2D eigenvalue weighted by molar-refractivity contribution is 6.04. The number of carboxylic acids is 1. The van der Waals surface area contributed by atoms with E-state index in [2.05, 4.69) is 31.6 Å². The van der Waals surface area contributed by atoms with Gasteiger partial charge in [0.2, 0.25) is 0 Å². The van der Waals surface area contributed by atoms with Crippen LogP contribution in [0.4, 0.5) is 0 Å². The molecule has 2 aromatic carbocycles. The number of ether oxygens (including phenoxy) is 1. The molecule has 0 unspecified atom stereocenters. The van der Waals surface area contributed by atoms with Crippen molar-refractivity contribution in [2.75, 3.05) is 6.61 Å². The quantitative estimate of drug-likeness (QED) is 0.770. The van der Waals surface area contributed by atoms with Crippen molar-refractivity contribution in [3.05, 3.63) is 65.2 Å². The number of hydrazine groups is 1. The molecule has 2 N–H and O–H groups in total. The lowest BCUT2D eigenvalue weighted by Crippen LogP contribution is -2.44. The largest absolute Gasteiger partial charge is 0.545 e. The van der Waals surface area contributed by atoms with Crippen molar-refractivity contribution < 1.29 is 24.2 Å². The molecule has 0 atom stereocenters. The van der Waals surface area contributed by atoms with Crippen molar-refractivity contribution in [2.45, 2.75) is 26.2 Å². The average molecular weight is 369 g/mol. The van der Waals surface area contributed by atoms with Crippen LogP contribution in [-0.4, -0.2) is 24.4 Å². The fourth-order valence-electron chi connectivity index (χ4n) is 2.29. The van der Waals surface area contributed by atoms with E-state index in [4.69, 9.17) is 4.74 Å². The standard InChI is InChI=1S/C20H22N2O5/c1-20(2,3)13-8-10-14(11-9-13)27-12-17(23)21-22-18(24)15-6-4-5-7-16(15)19(25)26/h4-11H,12H2,1-3H3,(H,21,23)(H,22,24)(H,25,26)/p-1. The number of nitrogens with one attached hydrogen (secondary N) is 2. The highest BCUT2D eigenvalue weighted by Crippen LogP contribution is 2.24. The zero-order chi connectivity index (χ0) is 20.0. The minimum atomic E-state index is -1.48. The van der Waals surface area contributed by atoms with Gasteiger partial charge in [-0.15, -0.1) is 0 Å². The first-order valence-corrected chi connectivity index (χ1v) is 8.31. The van der Waals surface area contributed by atoms with E-state index in [-0.39, 0.29) is 23.1 Å². The molecule has 0 aliphatic heterocycles. The van der Waals surface area contributed by atoms with Crippen LogP contribution in [0.5, 0.6) is 5.75 Å². The highest BCUT2D eigenvalue weighted by Gasteiger charge is 2.14. The zero-order valence-electron chi connectivity index (χ0n) is 15.4. The lowest BCUT2D eigenvalue weighted by molar-refractivity contribution is -0.255. The first-order chi connectivity index (χ1) is 12.7. The number of amides is 2. The molecule has 7 nitrogen and oxygen atoms in total. The molecule has 0 saturated heterocycles. The molecule has 27 heavy (non-hydrogen) atoms. The Morgan fingerprint density at radius 2 is 1.52 bits per heavy atom. The van der Waals surface area contributed by atoms with Crippen molar-refractivity contribution >= 4 is 17.8 Å². The summed E-state index contributed by atoms with van der Waals surface area (Å²) in [6, 6.07) is 12.9. The van der Waals surface area contributed by atoms with E-state index >= 15 is 0 Å². The third-order valence-corrected chi connectivity index (χ3v) is 3.80. The molecule has 0 fully saturated rings.